The molecule has 0 radical (unpaired) electrons. The van der Waals surface area contributed by atoms with Crippen molar-refractivity contribution in [3.8, 4) is 0 Å². The Bertz CT molecular complexity index is 577. The second kappa shape index (κ2) is 5.30. The molecule has 0 saturated carbocycles. The Labute approximate surface area is 106 Å². The minimum atomic E-state index is -3.97. The summed E-state index contributed by atoms with van der Waals surface area (Å²) in [6, 6.07) is 5.80. The van der Waals surface area contributed by atoms with Crippen LogP contribution in [0.3, 0.4) is 0 Å². The summed E-state index contributed by atoms with van der Waals surface area (Å²) in [6.07, 6.45) is -0.0288. The van der Waals surface area contributed by atoms with E-state index in [4.69, 9.17) is 0 Å². The first-order valence-electron chi connectivity index (χ1n) is 5.71. The monoisotopic (exact) mass is 269 g/mol. The number of sulfonamides is 1. The van der Waals surface area contributed by atoms with Gasteiger partial charge >= 0.3 is 0 Å². The number of benzene rings is 1. The second-order valence-corrected chi connectivity index (χ2v) is 5.07. The lowest BCUT2D eigenvalue weighted by atomic mass is 10.2. The number of hydrogen-bond donors (Lipinski definition) is 0. The fraction of sp³-hybridized carbons (Fsp3) is 0.333. The standard InChI is InChI=1S/C10H9NO4S.C2H6/c1-2-9(12)11-10(13)7-5-3-4-6-8(7)16(11,14)15;1-2/h3-6H,2H2,1H3;1-2H3. The average Bonchev–Trinajstić information content (AvgIpc) is 2.60. The van der Waals surface area contributed by atoms with E-state index >= 15 is 0 Å². The van der Waals surface area contributed by atoms with Crippen molar-refractivity contribution in [1.29, 1.82) is 0 Å². The molecule has 98 valence electrons. The van der Waals surface area contributed by atoms with E-state index in [-0.39, 0.29) is 16.9 Å². The van der Waals surface area contributed by atoms with Crippen LogP contribution in [-0.2, 0) is 14.8 Å². The zero-order chi connectivity index (χ0) is 13.9. The first-order valence-corrected chi connectivity index (χ1v) is 7.15. The maximum atomic E-state index is 11.9. The van der Waals surface area contributed by atoms with Crippen LogP contribution in [0.5, 0.6) is 0 Å². The maximum absolute atomic E-state index is 11.9. The third kappa shape index (κ3) is 2.03. The van der Waals surface area contributed by atoms with E-state index < -0.39 is 21.8 Å². The lowest BCUT2D eigenvalue weighted by molar-refractivity contribution is -0.124. The predicted molar refractivity (Wildman–Crippen MR) is 66.4 cm³/mol. The lowest BCUT2D eigenvalue weighted by Gasteiger charge is -2.10. The van der Waals surface area contributed by atoms with Crippen molar-refractivity contribution in [2.75, 3.05) is 0 Å². The normalized spacial score (nSPS) is 15.7. The van der Waals surface area contributed by atoms with Crippen molar-refractivity contribution in [2.24, 2.45) is 0 Å². The molecule has 1 aliphatic rings. The minimum absolute atomic E-state index is 0.0288. The third-order valence-electron chi connectivity index (χ3n) is 2.35. The largest absolute Gasteiger partial charge is 0.276 e. The Morgan fingerprint density at radius 3 is 2.28 bits per heavy atom. The quantitative estimate of drug-likeness (QED) is 0.779. The van der Waals surface area contributed by atoms with Crippen LogP contribution in [0.15, 0.2) is 29.2 Å². The highest BCUT2D eigenvalue weighted by molar-refractivity contribution is 7.90. The van der Waals surface area contributed by atoms with Gasteiger partial charge in [0.1, 0.15) is 4.90 Å². The van der Waals surface area contributed by atoms with Crippen molar-refractivity contribution in [2.45, 2.75) is 32.1 Å². The van der Waals surface area contributed by atoms with E-state index in [9.17, 15) is 18.0 Å². The average molecular weight is 269 g/mol. The van der Waals surface area contributed by atoms with E-state index in [0.29, 0.717) is 4.31 Å². The number of nitrogens with zero attached hydrogens (tertiary/aromatic N) is 1. The van der Waals surface area contributed by atoms with E-state index in [1.165, 1.54) is 25.1 Å². The Morgan fingerprint density at radius 2 is 1.78 bits per heavy atom. The third-order valence-corrected chi connectivity index (χ3v) is 4.11. The van der Waals surface area contributed by atoms with Gasteiger partial charge in [0.2, 0.25) is 5.91 Å². The van der Waals surface area contributed by atoms with Crippen LogP contribution < -0.4 is 0 Å². The molecule has 0 spiro atoms. The summed E-state index contributed by atoms with van der Waals surface area (Å²) in [5.41, 5.74) is 0.0595. The number of carbonyl (C=O) groups is 2. The van der Waals surface area contributed by atoms with Crippen molar-refractivity contribution in [3.05, 3.63) is 29.8 Å². The van der Waals surface area contributed by atoms with E-state index in [1.54, 1.807) is 6.07 Å². The molecule has 5 nitrogen and oxygen atoms in total. The molecule has 0 unspecified atom stereocenters. The smallest absolute Gasteiger partial charge is 0.273 e. The molecular weight excluding hydrogens is 254 g/mol. The van der Waals surface area contributed by atoms with E-state index in [1.807, 2.05) is 13.8 Å². The highest BCUT2D eigenvalue weighted by Crippen LogP contribution is 2.30. The molecule has 2 rings (SSSR count). The minimum Gasteiger partial charge on any atom is -0.273 e. The molecule has 1 aromatic rings. The number of fused-ring (bicyclic) bond motifs is 1. The number of rotatable bonds is 1. The highest BCUT2D eigenvalue weighted by Gasteiger charge is 2.44. The molecule has 0 bridgehead atoms. The SMILES string of the molecule is CC.CCC(=O)N1C(=O)c2ccccc2S1(=O)=O. The van der Waals surface area contributed by atoms with Gasteiger partial charge in [0, 0.05) is 6.42 Å². The van der Waals surface area contributed by atoms with Gasteiger partial charge in [-0.1, -0.05) is 32.9 Å². The number of carbonyl (C=O) groups excluding carboxylic acids is 2. The van der Waals surface area contributed by atoms with E-state index in [0.717, 1.165) is 0 Å². The van der Waals surface area contributed by atoms with Gasteiger partial charge in [-0.3, -0.25) is 9.59 Å². The summed E-state index contributed by atoms with van der Waals surface area (Å²) in [5, 5.41) is 0. The van der Waals surface area contributed by atoms with Gasteiger partial charge in [0.15, 0.2) is 0 Å². The van der Waals surface area contributed by atoms with Crippen molar-refractivity contribution in [3.63, 3.8) is 0 Å². The lowest BCUT2D eigenvalue weighted by Crippen LogP contribution is -2.35. The molecule has 1 heterocycles. The number of imide groups is 1. The molecule has 0 aromatic heterocycles. The fourth-order valence-electron chi connectivity index (χ4n) is 1.58. The van der Waals surface area contributed by atoms with Gasteiger partial charge in [-0.25, -0.2) is 8.42 Å². The van der Waals surface area contributed by atoms with E-state index in [2.05, 4.69) is 0 Å². The molecule has 1 aliphatic heterocycles. The summed E-state index contributed by atoms with van der Waals surface area (Å²) < 4.78 is 24.1. The van der Waals surface area contributed by atoms with Crippen LogP contribution in [0.25, 0.3) is 0 Å². The Morgan fingerprint density at radius 1 is 1.22 bits per heavy atom. The van der Waals surface area contributed by atoms with Crippen LogP contribution in [0.4, 0.5) is 0 Å². The summed E-state index contributed by atoms with van der Waals surface area (Å²) in [5.74, 6) is -1.47. The van der Waals surface area contributed by atoms with Crippen LogP contribution in [0.1, 0.15) is 37.6 Å². The predicted octanol–water partition coefficient (Wildman–Crippen LogP) is 1.79. The van der Waals surface area contributed by atoms with Crippen LogP contribution in [0, 0.1) is 0 Å². The molecule has 2 amide bonds. The molecule has 18 heavy (non-hydrogen) atoms. The first kappa shape index (κ1) is 14.4. The van der Waals surface area contributed by atoms with Crippen molar-refractivity contribution >= 4 is 21.8 Å². The molecule has 0 atom stereocenters. The molecule has 0 saturated heterocycles. The zero-order valence-electron chi connectivity index (χ0n) is 10.5. The molecule has 1 aromatic carbocycles. The van der Waals surface area contributed by atoms with Gasteiger partial charge in [-0.2, -0.15) is 4.31 Å². The highest BCUT2D eigenvalue weighted by atomic mass is 32.2. The van der Waals surface area contributed by atoms with Gasteiger partial charge in [0.25, 0.3) is 15.9 Å². The second-order valence-electron chi connectivity index (χ2n) is 3.32. The molecule has 6 heteroatoms. The molecule has 0 fully saturated rings. The van der Waals surface area contributed by atoms with Crippen molar-refractivity contribution in [1.82, 2.24) is 4.31 Å². The number of hydrogen-bond acceptors (Lipinski definition) is 4. The Kier molecular flexibility index (Phi) is 4.24. The summed E-state index contributed by atoms with van der Waals surface area (Å²) in [4.78, 5) is 23.1. The maximum Gasteiger partial charge on any atom is 0.276 e. The van der Waals surface area contributed by atoms with Crippen LogP contribution in [-0.4, -0.2) is 24.5 Å². The zero-order valence-corrected chi connectivity index (χ0v) is 11.3. The van der Waals surface area contributed by atoms with Gasteiger partial charge in [-0.05, 0) is 12.1 Å². The Balaban J connectivity index is 0.000000771. The Hall–Kier alpha value is -1.69. The summed E-state index contributed by atoms with van der Waals surface area (Å²) in [7, 11) is -3.97. The summed E-state index contributed by atoms with van der Waals surface area (Å²) >= 11 is 0. The summed E-state index contributed by atoms with van der Waals surface area (Å²) in [6.45, 7) is 5.51. The van der Waals surface area contributed by atoms with Gasteiger partial charge in [-0.15, -0.1) is 0 Å². The van der Waals surface area contributed by atoms with Crippen LogP contribution >= 0.6 is 0 Å². The van der Waals surface area contributed by atoms with Gasteiger partial charge in [0.05, 0.1) is 5.56 Å². The molecule has 0 aliphatic carbocycles. The fourth-order valence-corrected chi connectivity index (χ4v) is 3.17. The number of amides is 2. The van der Waals surface area contributed by atoms with Crippen LogP contribution in [0.2, 0.25) is 0 Å². The first-order chi connectivity index (χ1) is 8.50. The van der Waals surface area contributed by atoms with Crippen molar-refractivity contribution < 1.29 is 18.0 Å². The molecular formula is C12H15NO4S. The van der Waals surface area contributed by atoms with Gasteiger partial charge < -0.3 is 0 Å². The molecule has 0 N–H and O–H groups in total. The topological polar surface area (TPSA) is 71.5 Å².